The summed E-state index contributed by atoms with van der Waals surface area (Å²) in [6, 6.07) is 6.90. The zero-order valence-corrected chi connectivity index (χ0v) is 10.3. The molecule has 1 unspecified atom stereocenters. The highest BCUT2D eigenvalue weighted by Gasteiger charge is 2.23. The summed E-state index contributed by atoms with van der Waals surface area (Å²) in [6.07, 6.45) is -0.667. The molecule has 0 amide bonds. The summed E-state index contributed by atoms with van der Waals surface area (Å²) in [7, 11) is 0. The Balaban J connectivity index is 2.87. The highest BCUT2D eigenvalue weighted by atomic mass is 16.5. The molecule has 1 aromatic rings. The highest BCUT2D eigenvalue weighted by molar-refractivity contribution is 5.75. The van der Waals surface area contributed by atoms with Crippen LogP contribution in [0.5, 0.6) is 5.75 Å². The van der Waals surface area contributed by atoms with Crippen molar-refractivity contribution in [2.45, 2.75) is 19.4 Å². The lowest BCUT2D eigenvalue weighted by Gasteiger charge is -2.17. The summed E-state index contributed by atoms with van der Waals surface area (Å²) >= 11 is 0. The predicted molar refractivity (Wildman–Crippen MR) is 65.6 cm³/mol. The van der Waals surface area contributed by atoms with Crippen LogP contribution in [0, 0.1) is 0 Å². The van der Waals surface area contributed by atoms with Gasteiger partial charge in [-0.1, -0.05) is 18.2 Å². The lowest BCUT2D eigenvalue weighted by molar-refractivity contribution is -0.151. The summed E-state index contributed by atoms with van der Waals surface area (Å²) in [5.41, 5.74) is 0.491. The number of ether oxygens (including phenoxy) is 2. The number of hydrogen-bond acceptors (Lipinski definition) is 4. The predicted octanol–water partition coefficient (Wildman–Crippen LogP) is 1.61. The van der Waals surface area contributed by atoms with Crippen LogP contribution in [0.15, 0.2) is 24.3 Å². The van der Waals surface area contributed by atoms with Gasteiger partial charge in [-0.15, -0.1) is 0 Å². The molecule has 1 aromatic carbocycles. The molecule has 2 N–H and O–H groups in total. The molecule has 18 heavy (non-hydrogen) atoms. The van der Waals surface area contributed by atoms with E-state index in [1.54, 1.807) is 24.3 Å². The second-order valence-corrected chi connectivity index (χ2v) is 3.64. The van der Waals surface area contributed by atoms with Crippen molar-refractivity contribution < 1.29 is 24.5 Å². The van der Waals surface area contributed by atoms with Crippen molar-refractivity contribution in [3.63, 3.8) is 0 Å². The number of aliphatic hydroxyl groups excluding tert-OH is 1. The Kier molecular flexibility index (Phi) is 6.18. The van der Waals surface area contributed by atoms with Gasteiger partial charge in [0.2, 0.25) is 0 Å². The summed E-state index contributed by atoms with van der Waals surface area (Å²) in [5.74, 6) is -0.559. The minimum absolute atomic E-state index is 0.0283. The van der Waals surface area contributed by atoms with E-state index in [0.29, 0.717) is 24.3 Å². The number of hydrogen-bond donors (Lipinski definition) is 2. The lowest BCUT2D eigenvalue weighted by Crippen LogP contribution is -2.17. The van der Waals surface area contributed by atoms with Crippen molar-refractivity contribution >= 4 is 5.97 Å². The van der Waals surface area contributed by atoms with Crippen LogP contribution in [0.3, 0.4) is 0 Å². The van der Waals surface area contributed by atoms with Crippen molar-refractivity contribution in [3.05, 3.63) is 29.8 Å². The van der Waals surface area contributed by atoms with E-state index in [0.717, 1.165) is 0 Å². The van der Waals surface area contributed by atoms with Gasteiger partial charge in [-0.25, -0.2) is 4.79 Å². The third-order valence-electron chi connectivity index (χ3n) is 2.31. The molecule has 0 saturated heterocycles. The smallest absolute Gasteiger partial charge is 0.337 e. The van der Waals surface area contributed by atoms with Crippen LogP contribution in [0.2, 0.25) is 0 Å². The number of carboxylic acid groups (broad SMARTS) is 1. The second-order valence-electron chi connectivity index (χ2n) is 3.64. The van der Waals surface area contributed by atoms with Crippen molar-refractivity contribution in [3.8, 4) is 5.75 Å². The number of aliphatic carboxylic acids is 1. The molecule has 0 heterocycles. The van der Waals surface area contributed by atoms with Crippen LogP contribution in [-0.2, 0) is 9.53 Å². The summed E-state index contributed by atoms with van der Waals surface area (Å²) in [4.78, 5) is 11.2. The van der Waals surface area contributed by atoms with Crippen LogP contribution in [-0.4, -0.2) is 36.0 Å². The third-order valence-corrected chi connectivity index (χ3v) is 2.31. The first-order valence-electron chi connectivity index (χ1n) is 5.87. The summed E-state index contributed by atoms with van der Waals surface area (Å²) < 4.78 is 10.7. The summed E-state index contributed by atoms with van der Waals surface area (Å²) in [6.45, 7) is 2.45. The number of aliphatic hydroxyl groups is 1. The maximum Gasteiger partial charge on any atom is 0.337 e. The maximum atomic E-state index is 11.2. The van der Waals surface area contributed by atoms with Gasteiger partial charge in [0, 0.05) is 12.2 Å². The van der Waals surface area contributed by atoms with E-state index in [-0.39, 0.29) is 13.2 Å². The van der Waals surface area contributed by atoms with Gasteiger partial charge in [0.15, 0.2) is 6.10 Å². The van der Waals surface area contributed by atoms with Gasteiger partial charge >= 0.3 is 5.97 Å². The lowest BCUT2D eigenvalue weighted by atomic mass is 10.1. The van der Waals surface area contributed by atoms with Crippen molar-refractivity contribution in [1.82, 2.24) is 0 Å². The minimum atomic E-state index is -1.07. The quantitative estimate of drug-likeness (QED) is 0.689. The Labute approximate surface area is 106 Å². The number of para-hydroxylation sites is 1. The molecule has 0 aliphatic carbocycles. The topological polar surface area (TPSA) is 76.0 Å². The number of carboxylic acids is 1. The average molecular weight is 254 g/mol. The fourth-order valence-electron chi connectivity index (χ4n) is 1.54. The molecule has 5 heteroatoms. The maximum absolute atomic E-state index is 11.2. The summed E-state index contributed by atoms with van der Waals surface area (Å²) in [5, 5.41) is 17.9. The first-order valence-corrected chi connectivity index (χ1v) is 5.87. The van der Waals surface area contributed by atoms with E-state index in [1.165, 1.54) is 0 Å². The molecule has 1 rings (SSSR count). The van der Waals surface area contributed by atoms with Crippen molar-refractivity contribution in [1.29, 1.82) is 0 Å². The molecule has 1 atom stereocenters. The van der Waals surface area contributed by atoms with Gasteiger partial charge in [0.1, 0.15) is 5.75 Å². The number of carbonyl (C=O) groups is 1. The average Bonchev–Trinajstić information content (AvgIpc) is 2.36. The van der Waals surface area contributed by atoms with Gasteiger partial charge in [0.25, 0.3) is 0 Å². The SMILES string of the molecule is CCOc1ccccc1C(OCCCO)C(=O)O. The molecule has 100 valence electrons. The van der Waals surface area contributed by atoms with E-state index in [1.807, 2.05) is 6.92 Å². The number of rotatable bonds is 8. The van der Waals surface area contributed by atoms with Gasteiger partial charge < -0.3 is 19.7 Å². The van der Waals surface area contributed by atoms with E-state index in [2.05, 4.69) is 0 Å². The fraction of sp³-hybridized carbons (Fsp3) is 0.462. The standard InChI is InChI=1S/C13H18O5/c1-2-17-11-7-4-3-6-10(11)12(13(15)16)18-9-5-8-14/h3-4,6-7,12,14H,2,5,8-9H2,1H3,(H,15,16). The monoisotopic (exact) mass is 254 g/mol. The fourth-order valence-corrected chi connectivity index (χ4v) is 1.54. The third kappa shape index (κ3) is 4.01. The van der Waals surface area contributed by atoms with Crippen molar-refractivity contribution in [2.75, 3.05) is 19.8 Å². The van der Waals surface area contributed by atoms with Crippen LogP contribution < -0.4 is 4.74 Å². The molecular weight excluding hydrogens is 236 g/mol. The van der Waals surface area contributed by atoms with Gasteiger partial charge in [-0.3, -0.25) is 0 Å². The Morgan fingerprint density at radius 3 is 2.72 bits per heavy atom. The van der Waals surface area contributed by atoms with Crippen LogP contribution in [0.4, 0.5) is 0 Å². The van der Waals surface area contributed by atoms with E-state index < -0.39 is 12.1 Å². The van der Waals surface area contributed by atoms with E-state index in [9.17, 15) is 9.90 Å². The second kappa shape index (κ2) is 7.68. The molecule has 0 radical (unpaired) electrons. The Hall–Kier alpha value is -1.59. The molecule has 0 aromatic heterocycles. The van der Waals surface area contributed by atoms with Crippen molar-refractivity contribution in [2.24, 2.45) is 0 Å². The molecule has 0 aliphatic rings. The number of benzene rings is 1. The molecule has 5 nitrogen and oxygen atoms in total. The van der Waals surface area contributed by atoms with Crippen LogP contribution >= 0.6 is 0 Å². The van der Waals surface area contributed by atoms with Gasteiger partial charge in [-0.05, 0) is 19.4 Å². The van der Waals surface area contributed by atoms with Gasteiger partial charge in [0.05, 0.1) is 13.2 Å². The Bertz CT molecular complexity index is 377. The molecule has 0 saturated carbocycles. The Morgan fingerprint density at radius 1 is 1.39 bits per heavy atom. The first kappa shape index (κ1) is 14.5. The minimum Gasteiger partial charge on any atom is -0.493 e. The highest BCUT2D eigenvalue weighted by Crippen LogP contribution is 2.28. The van der Waals surface area contributed by atoms with Crippen LogP contribution in [0.25, 0.3) is 0 Å². The van der Waals surface area contributed by atoms with E-state index >= 15 is 0 Å². The molecule has 0 bridgehead atoms. The van der Waals surface area contributed by atoms with Crippen LogP contribution in [0.1, 0.15) is 25.0 Å². The van der Waals surface area contributed by atoms with E-state index in [4.69, 9.17) is 14.6 Å². The molecule has 0 aliphatic heterocycles. The van der Waals surface area contributed by atoms with Gasteiger partial charge in [-0.2, -0.15) is 0 Å². The first-order chi connectivity index (χ1) is 8.70. The molecular formula is C13H18O5. The normalized spacial score (nSPS) is 12.1. The zero-order valence-electron chi connectivity index (χ0n) is 10.3. The Morgan fingerprint density at radius 2 is 2.11 bits per heavy atom. The largest absolute Gasteiger partial charge is 0.493 e. The molecule has 0 fully saturated rings. The molecule has 0 spiro atoms. The zero-order chi connectivity index (χ0) is 13.4.